The summed E-state index contributed by atoms with van der Waals surface area (Å²) in [5, 5.41) is 19.5. The average Bonchev–Trinajstić information content (AvgIpc) is 2.47. The maximum atomic E-state index is 12.3. The summed E-state index contributed by atoms with van der Waals surface area (Å²) in [5.41, 5.74) is -0.113. The van der Waals surface area contributed by atoms with Crippen LogP contribution in [-0.2, 0) is 10.1 Å². The van der Waals surface area contributed by atoms with Crippen LogP contribution in [0.2, 0.25) is 0 Å². The summed E-state index contributed by atoms with van der Waals surface area (Å²) >= 11 is 0. The van der Waals surface area contributed by atoms with E-state index in [-0.39, 0.29) is 27.5 Å². The highest BCUT2D eigenvalue weighted by Crippen LogP contribution is 2.25. The van der Waals surface area contributed by atoms with E-state index in [4.69, 9.17) is 9.29 Å². The number of non-ortho nitro benzene ring substituents is 1. The monoisotopic (exact) mass is 337 g/mol. The lowest BCUT2D eigenvalue weighted by Crippen LogP contribution is -2.12. The van der Waals surface area contributed by atoms with Gasteiger partial charge in [-0.25, -0.2) is 4.79 Å². The molecule has 1 N–H and O–H groups in total. The molecule has 0 radical (unpaired) electrons. The van der Waals surface area contributed by atoms with Crippen LogP contribution in [0.1, 0.15) is 15.9 Å². The largest absolute Gasteiger partial charge is 0.478 e. The molecular formula is C14H11NO7S. The van der Waals surface area contributed by atoms with E-state index in [9.17, 15) is 23.3 Å². The lowest BCUT2D eigenvalue weighted by Gasteiger charge is -2.09. The van der Waals surface area contributed by atoms with Gasteiger partial charge in [-0.3, -0.25) is 10.1 Å². The van der Waals surface area contributed by atoms with Crippen molar-refractivity contribution in [2.24, 2.45) is 0 Å². The molecule has 0 bridgehead atoms. The number of nitro groups is 1. The van der Waals surface area contributed by atoms with Crippen molar-refractivity contribution in [1.29, 1.82) is 0 Å². The highest BCUT2D eigenvalue weighted by molar-refractivity contribution is 7.87. The van der Waals surface area contributed by atoms with Gasteiger partial charge in [0, 0.05) is 12.1 Å². The van der Waals surface area contributed by atoms with Gasteiger partial charge in [0.1, 0.15) is 10.6 Å². The molecule has 2 aromatic carbocycles. The molecule has 9 heteroatoms. The number of benzene rings is 2. The molecule has 0 heterocycles. The van der Waals surface area contributed by atoms with Gasteiger partial charge in [0.2, 0.25) is 0 Å². The molecule has 0 aliphatic heterocycles. The summed E-state index contributed by atoms with van der Waals surface area (Å²) in [7, 11) is -4.28. The van der Waals surface area contributed by atoms with Gasteiger partial charge >= 0.3 is 16.1 Å². The second-order valence-electron chi connectivity index (χ2n) is 4.57. The smallest absolute Gasteiger partial charge is 0.339 e. The fourth-order valence-corrected chi connectivity index (χ4v) is 2.98. The van der Waals surface area contributed by atoms with Gasteiger partial charge in [-0.05, 0) is 36.8 Å². The number of rotatable bonds is 5. The quantitative estimate of drug-likeness (QED) is 0.504. The van der Waals surface area contributed by atoms with Crippen LogP contribution in [0.3, 0.4) is 0 Å². The number of aromatic carboxylic acids is 1. The van der Waals surface area contributed by atoms with E-state index in [0.29, 0.717) is 0 Å². The highest BCUT2D eigenvalue weighted by atomic mass is 32.2. The fraction of sp³-hybridized carbons (Fsp3) is 0.0714. The predicted octanol–water partition coefficient (Wildman–Crippen LogP) is 2.37. The van der Waals surface area contributed by atoms with E-state index in [1.165, 1.54) is 43.3 Å². The number of hydrogen-bond acceptors (Lipinski definition) is 6. The van der Waals surface area contributed by atoms with Crippen LogP contribution in [0.25, 0.3) is 0 Å². The second kappa shape index (κ2) is 6.05. The number of nitro benzene ring substituents is 1. The lowest BCUT2D eigenvalue weighted by molar-refractivity contribution is -0.385. The molecule has 0 atom stereocenters. The topological polar surface area (TPSA) is 124 Å². The van der Waals surface area contributed by atoms with Crippen molar-refractivity contribution in [2.45, 2.75) is 11.8 Å². The zero-order valence-electron chi connectivity index (χ0n) is 11.8. The molecular weight excluding hydrogens is 326 g/mol. The molecule has 0 aliphatic rings. The van der Waals surface area contributed by atoms with Crippen LogP contribution in [0.5, 0.6) is 5.75 Å². The Labute approximate surface area is 131 Å². The third kappa shape index (κ3) is 3.64. The standard InChI is InChI=1S/C14H11NO7S/c1-9-2-5-11(15(18)19)8-13(9)23(20,21)22-12-6-3-10(4-7-12)14(16)17/h2-8H,1H3,(H,16,17). The van der Waals surface area contributed by atoms with Gasteiger partial charge < -0.3 is 9.29 Å². The molecule has 0 aliphatic carbocycles. The molecule has 120 valence electrons. The molecule has 0 fully saturated rings. The minimum Gasteiger partial charge on any atom is -0.478 e. The van der Waals surface area contributed by atoms with Crippen molar-refractivity contribution >= 4 is 21.8 Å². The third-order valence-corrected chi connectivity index (χ3v) is 4.35. The van der Waals surface area contributed by atoms with Crippen LogP contribution in [-0.4, -0.2) is 24.4 Å². The summed E-state index contributed by atoms with van der Waals surface area (Å²) in [6, 6.07) is 8.16. The predicted molar refractivity (Wildman–Crippen MR) is 79.0 cm³/mol. The van der Waals surface area contributed by atoms with Crippen molar-refractivity contribution in [3.63, 3.8) is 0 Å². The molecule has 23 heavy (non-hydrogen) atoms. The van der Waals surface area contributed by atoms with Crippen molar-refractivity contribution < 1.29 is 27.4 Å². The molecule has 8 nitrogen and oxygen atoms in total. The van der Waals surface area contributed by atoms with Gasteiger partial charge in [0.25, 0.3) is 5.69 Å². The molecule has 0 unspecified atom stereocenters. The maximum absolute atomic E-state index is 12.3. The Kier molecular flexibility index (Phi) is 4.32. The second-order valence-corrected chi connectivity index (χ2v) is 6.09. The summed E-state index contributed by atoms with van der Waals surface area (Å²) in [4.78, 5) is 20.5. The van der Waals surface area contributed by atoms with Gasteiger partial charge in [-0.2, -0.15) is 8.42 Å². The van der Waals surface area contributed by atoms with E-state index in [2.05, 4.69) is 0 Å². The lowest BCUT2D eigenvalue weighted by atomic mass is 10.2. The summed E-state index contributed by atoms with van der Waals surface area (Å²) in [6.07, 6.45) is 0. The SMILES string of the molecule is Cc1ccc([N+](=O)[O-])cc1S(=O)(=O)Oc1ccc(C(=O)O)cc1. The Morgan fingerprint density at radius 2 is 1.78 bits per heavy atom. The van der Waals surface area contributed by atoms with Crippen LogP contribution in [0, 0.1) is 17.0 Å². The van der Waals surface area contributed by atoms with E-state index in [1.54, 1.807) is 0 Å². The van der Waals surface area contributed by atoms with Crippen LogP contribution in [0.15, 0.2) is 47.4 Å². The fourth-order valence-electron chi connectivity index (χ4n) is 1.80. The van der Waals surface area contributed by atoms with Gasteiger partial charge in [-0.15, -0.1) is 0 Å². The average molecular weight is 337 g/mol. The van der Waals surface area contributed by atoms with Crippen molar-refractivity contribution in [1.82, 2.24) is 0 Å². The molecule has 0 amide bonds. The molecule has 2 aromatic rings. The summed E-state index contributed by atoms with van der Waals surface area (Å²) in [6.45, 7) is 1.48. The molecule has 0 aromatic heterocycles. The maximum Gasteiger partial charge on any atom is 0.339 e. The van der Waals surface area contributed by atoms with Crippen molar-refractivity contribution in [3.05, 3.63) is 63.7 Å². The van der Waals surface area contributed by atoms with Crippen molar-refractivity contribution in [3.8, 4) is 5.75 Å². The first-order valence-corrected chi connectivity index (χ1v) is 7.64. The minimum atomic E-state index is -4.28. The Hall–Kier alpha value is -2.94. The van der Waals surface area contributed by atoms with E-state index < -0.39 is 21.0 Å². The van der Waals surface area contributed by atoms with E-state index >= 15 is 0 Å². The number of carboxylic acid groups (broad SMARTS) is 1. The molecule has 0 saturated heterocycles. The minimum absolute atomic E-state index is 0.0266. The van der Waals surface area contributed by atoms with Gasteiger partial charge in [0.15, 0.2) is 0 Å². The number of nitrogens with zero attached hydrogens (tertiary/aromatic N) is 1. The van der Waals surface area contributed by atoms with E-state index in [0.717, 1.165) is 6.07 Å². The molecule has 0 saturated carbocycles. The van der Waals surface area contributed by atoms with Crippen molar-refractivity contribution in [2.75, 3.05) is 0 Å². The number of aryl methyl sites for hydroxylation is 1. The summed E-state index contributed by atoms with van der Waals surface area (Å²) < 4.78 is 29.4. The number of hydrogen-bond donors (Lipinski definition) is 1. The van der Waals surface area contributed by atoms with Crippen LogP contribution >= 0.6 is 0 Å². The first-order chi connectivity index (χ1) is 10.7. The van der Waals surface area contributed by atoms with Crippen LogP contribution < -0.4 is 4.18 Å². The zero-order chi connectivity index (χ0) is 17.2. The number of carboxylic acids is 1. The molecule has 2 rings (SSSR count). The number of carbonyl (C=O) groups is 1. The Bertz CT molecular complexity index is 872. The Balaban J connectivity index is 2.37. The van der Waals surface area contributed by atoms with Crippen LogP contribution in [0.4, 0.5) is 5.69 Å². The third-order valence-electron chi connectivity index (χ3n) is 2.96. The Morgan fingerprint density at radius 1 is 1.17 bits per heavy atom. The normalized spacial score (nSPS) is 11.0. The van der Waals surface area contributed by atoms with Gasteiger partial charge in [0.05, 0.1) is 10.5 Å². The summed E-state index contributed by atoms with van der Waals surface area (Å²) in [5.74, 6) is -1.25. The highest BCUT2D eigenvalue weighted by Gasteiger charge is 2.22. The first-order valence-electron chi connectivity index (χ1n) is 6.23. The zero-order valence-corrected chi connectivity index (χ0v) is 12.6. The van der Waals surface area contributed by atoms with Gasteiger partial charge in [-0.1, -0.05) is 6.07 Å². The first kappa shape index (κ1) is 16.4. The van der Waals surface area contributed by atoms with E-state index in [1.807, 2.05) is 0 Å². The molecule has 0 spiro atoms. The Morgan fingerprint density at radius 3 is 2.30 bits per heavy atom.